The number of amides is 2. The summed E-state index contributed by atoms with van der Waals surface area (Å²) in [6, 6.07) is 21.8. The summed E-state index contributed by atoms with van der Waals surface area (Å²) in [4.78, 5) is 37.7. The number of imide groups is 1. The van der Waals surface area contributed by atoms with Crippen molar-refractivity contribution in [2.24, 2.45) is 0 Å². The average molecular weight is 471 g/mol. The van der Waals surface area contributed by atoms with Gasteiger partial charge < -0.3 is 4.42 Å². The fourth-order valence-corrected chi connectivity index (χ4v) is 4.78. The largest absolute Gasteiger partial charge is 0.457 e. The molecule has 5 rings (SSSR count). The molecule has 4 aromatic rings. The van der Waals surface area contributed by atoms with Gasteiger partial charge in [-0.05, 0) is 59.3 Å². The quantitative estimate of drug-likeness (QED) is 0.186. The molecule has 0 unspecified atom stereocenters. The number of carbonyl (C=O) groups excluding carboxylic acids is 2. The van der Waals surface area contributed by atoms with Crippen LogP contribution in [0.4, 0.5) is 10.5 Å². The van der Waals surface area contributed by atoms with Gasteiger partial charge in [0.15, 0.2) is 0 Å². The summed E-state index contributed by atoms with van der Waals surface area (Å²) in [7, 11) is 0. The van der Waals surface area contributed by atoms with Crippen molar-refractivity contribution in [2.45, 2.75) is 13.5 Å². The Morgan fingerprint density at radius 3 is 2.62 bits per heavy atom. The van der Waals surface area contributed by atoms with Gasteiger partial charge in [-0.2, -0.15) is 0 Å². The highest BCUT2D eigenvalue weighted by atomic mass is 32.2. The molecule has 0 atom stereocenters. The fraction of sp³-hybridized carbons (Fsp3) is 0.0769. The Labute approximate surface area is 198 Å². The van der Waals surface area contributed by atoms with Crippen molar-refractivity contribution in [1.29, 1.82) is 0 Å². The normalized spacial score (nSPS) is 15.0. The van der Waals surface area contributed by atoms with Crippen LogP contribution in [0.2, 0.25) is 0 Å². The first-order chi connectivity index (χ1) is 16.4. The SMILES string of the molecule is Cc1cc(-c2ccc(/C=C3\SC(=O)N(Cc4cccc5ccccc45)C3=O)o2)ccc1[N+](=O)[O-]. The van der Waals surface area contributed by atoms with Gasteiger partial charge in [0.05, 0.1) is 16.4 Å². The van der Waals surface area contributed by atoms with E-state index in [0.29, 0.717) is 22.6 Å². The van der Waals surface area contributed by atoms with Crippen LogP contribution in [0, 0.1) is 17.0 Å². The number of rotatable bonds is 5. The van der Waals surface area contributed by atoms with Crippen molar-refractivity contribution in [3.05, 3.63) is 105 Å². The molecule has 0 spiro atoms. The molecule has 1 fully saturated rings. The van der Waals surface area contributed by atoms with Crippen LogP contribution < -0.4 is 0 Å². The maximum absolute atomic E-state index is 13.0. The van der Waals surface area contributed by atoms with E-state index in [0.717, 1.165) is 28.1 Å². The van der Waals surface area contributed by atoms with Crippen LogP contribution in [-0.4, -0.2) is 21.0 Å². The summed E-state index contributed by atoms with van der Waals surface area (Å²) >= 11 is 0.878. The molecule has 1 aliphatic heterocycles. The molecule has 0 radical (unpaired) electrons. The van der Waals surface area contributed by atoms with Crippen LogP contribution in [-0.2, 0) is 11.3 Å². The number of nitro groups is 1. The highest BCUT2D eigenvalue weighted by Crippen LogP contribution is 2.35. The second-order valence-electron chi connectivity index (χ2n) is 7.87. The molecule has 168 valence electrons. The second kappa shape index (κ2) is 8.64. The summed E-state index contributed by atoms with van der Waals surface area (Å²) < 4.78 is 5.84. The van der Waals surface area contributed by atoms with Crippen LogP contribution in [0.1, 0.15) is 16.9 Å². The summed E-state index contributed by atoms with van der Waals surface area (Å²) in [6.45, 7) is 1.85. The Balaban J connectivity index is 1.38. The van der Waals surface area contributed by atoms with Gasteiger partial charge in [0.25, 0.3) is 16.8 Å². The van der Waals surface area contributed by atoms with E-state index in [1.54, 1.807) is 37.3 Å². The van der Waals surface area contributed by atoms with E-state index in [4.69, 9.17) is 4.42 Å². The number of nitro benzene ring substituents is 1. The Morgan fingerprint density at radius 1 is 1.03 bits per heavy atom. The zero-order valence-electron chi connectivity index (χ0n) is 18.1. The topological polar surface area (TPSA) is 93.7 Å². The van der Waals surface area contributed by atoms with Gasteiger partial charge in [0.1, 0.15) is 11.5 Å². The fourth-order valence-electron chi connectivity index (χ4n) is 3.97. The Kier molecular flexibility index (Phi) is 5.51. The standard InChI is InChI=1S/C26H18N2O5S/c1-16-13-18(9-11-22(16)28(31)32)23-12-10-20(33-23)14-24-25(29)27(26(30)34-24)15-19-7-4-6-17-5-2-3-8-21(17)19/h2-14H,15H2,1H3/b24-14-. The molecule has 7 nitrogen and oxygen atoms in total. The molecule has 8 heteroatoms. The number of thioether (sulfide) groups is 1. The van der Waals surface area contributed by atoms with Crippen LogP contribution in [0.25, 0.3) is 28.2 Å². The van der Waals surface area contributed by atoms with E-state index in [2.05, 4.69) is 0 Å². The third kappa shape index (κ3) is 3.99. The molecule has 0 N–H and O–H groups in total. The van der Waals surface area contributed by atoms with E-state index in [-0.39, 0.29) is 28.3 Å². The molecule has 2 amide bonds. The molecule has 1 aliphatic rings. The first-order valence-electron chi connectivity index (χ1n) is 10.5. The minimum absolute atomic E-state index is 0.0374. The monoisotopic (exact) mass is 470 g/mol. The van der Waals surface area contributed by atoms with Gasteiger partial charge >= 0.3 is 0 Å². The first kappa shape index (κ1) is 21.7. The van der Waals surface area contributed by atoms with Crippen molar-refractivity contribution < 1.29 is 18.9 Å². The molecule has 1 aromatic heterocycles. The van der Waals surface area contributed by atoms with E-state index in [9.17, 15) is 19.7 Å². The third-order valence-electron chi connectivity index (χ3n) is 5.66. The van der Waals surface area contributed by atoms with Crippen molar-refractivity contribution in [2.75, 3.05) is 0 Å². The van der Waals surface area contributed by atoms with Crippen molar-refractivity contribution in [3.8, 4) is 11.3 Å². The van der Waals surface area contributed by atoms with Gasteiger partial charge in [0, 0.05) is 23.3 Å². The molecular formula is C26H18N2O5S. The predicted octanol–water partition coefficient (Wildman–Crippen LogP) is 6.55. The number of aryl methyl sites for hydroxylation is 1. The predicted molar refractivity (Wildman–Crippen MR) is 131 cm³/mol. The zero-order chi connectivity index (χ0) is 23.8. The Bertz CT molecular complexity index is 1500. The van der Waals surface area contributed by atoms with Crippen molar-refractivity contribution in [1.82, 2.24) is 4.90 Å². The van der Waals surface area contributed by atoms with E-state index in [1.165, 1.54) is 11.0 Å². The highest BCUT2D eigenvalue weighted by Gasteiger charge is 2.35. The second-order valence-corrected chi connectivity index (χ2v) is 8.86. The summed E-state index contributed by atoms with van der Waals surface area (Å²) in [5, 5.41) is 12.8. The average Bonchev–Trinajstić information content (AvgIpc) is 3.39. The number of nitrogens with zero attached hydrogens (tertiary/aromatic N) is 2. The van der Waals surface area contributed by atoms with Gasteiger partial charge in [-0.3, -0.25) is 24.6 Å². The number of hydrogen-bond acceptors (Lipinski definition) is 6. The molecule has 1 saturated heterocycles. The molecule has 0 aliphatic carbocycles. The number of benzene rings is 3. The van der Waals surface area contributed by atoms with Crippen LogP contribution >= 0.6 is 11.8 Å². The summed E-state index contributed by atoms with van der Waals surface area (Å²) in [5.41, 5.74) is 2.15. The van der Waals surface area contributed by atoms with Gasteiger partial charge in [-0.1, -0.05) is 42.5 Å². The number of fused-ring (bicyclic) bond motifs is 1. The van der Waals surface area contributed by atoms with Crippen molar-refractivity contribution >= 4 is 45.4 Å². The Morgan fingerprint density at radius 2 is 1.82 bits per heavy atom. The van der Waals surface area contributed by atoms with Crippen LogP contribution in [0.5, 0.6) is 0 Å². The lowest BCUT2D eigenvalue weighted by Gasteiger charge is -2.14. The third-order valence-corrected chi connectivity index (χ3v) is 6.57. The number of carbonyl (C=O) groups is 2. The minimum Gasteiger partial charge on any atom is -0.457 e. The molecule has 3 aromatic carbocycles. The first-order valence-corrected chi connectivity index (χ1v) is 11.3. The summed E-state index contributed by atoms with van der Waals surface area (Å²) in [5.74, 6) is 0.563. The lowest BCUT2D eigenvalue weighted by Crippen LogP contribution is -2.27. The maximum Gasteiger partial charge on any atom is 0.293 e. The van der Waals surface area contributed by atoms with Crippen LogP contribution in [0.3, 0.4) is 0 Å². The van der Waals surface area contributed by atoms with Gasteiger partial charge in [-0.15, -0.1) is 0 Å². The summed E-state index contributed by atoms with van der Waals surface area (Å²) in [6.07, 6.45) is 1.55. The molecule has 0 saturated carbocycles. The minimum atomic E-state index is -0.430. The molecule has 2 heterocycles. The lowest BCUT2D eigenvalue weighted by molar-refractivity contribution is -0.385. The van der Waals surface area contributed by atoms with E-state index in [1.807, 2.05) is 42.5 Å². The van der Waals surface area contributed by atoms with Crippen LogP contribution in [0.15, 0.2) is 82.1 Å². The van der Waals surface area contributed by atoms with Gasteiger partial charge in [0.2, 0.25) is 0 Å². The Hall–Kier alpha value is -4.17. The zero-order valence-corrected chi connectivity index (χ0v) is 18.9. The molecule has 34 heavy (non-hydrogen) atoms. The number of furan rings is 1. The smallest absolute Gasteiger partial charge is 0.293 e. The van der Waals surface area contributed by atoms with E-state index >= 15 is 0 Å². The van der Waals surface area contributed by atoms with Gasteiger partial charge in [-0.25, -0.2) is 0 Å². The number of hydrogen-bond donors (Lipinski definition) is 0. The van der Waals surface area contributed by atoms with Crippen molar-refractivity contribution in [3.63, 3.8) is 0 Å². The van der Waals surface area contributed by atoms with E-state index < -0.39 is 4.92 Å². The molecular weight excluding hydrogens is 452 g/mol. The maximum atomic E-state index is 13.0. The molecule has 0 bridgehead atoms. The highest BCUT2D eigenvalue weighted by molar-refractivity contribution is 8.18. The lowest BCUT2D eigenvalue weighted by atomic mass is 10.0.